The maximum atomic E-state index is 10.0. The molecule has 0 bridgehead atoms. The Kier molecular flexibility index (Phi) is 6.09. The first-order chi connectivity index (χ1) is 5.68. The molecule has 1 atom stereocenters. The number of aliphatic hydroxyl groups is 1. The zero-order valence-electron chi connectivity index (χ0n) is 8.47. The molecular weight excluding hydrogens is 148 g/mol. The third-order valence-corrected chi connectivity index (χ3v) is 2.42. The number of unbranched alkanes of at least 4 members (excludes halogenated alkanes) is 1. The summed E-state index contributed by atoms with van der Waals surface area (Å²) in [6, 6.07) is 0. The minimum Gasteiger partial charge on any atom is -0.390 e. The molecule has 0 aliphatic heterocycles. The van der Waals surface area contributed by atoms with Crippen LogP contribution in [0.5, 0.6) is 0 Å². The van der Waals surface area contributed by atoms with Crippen LogP contribution in [-0.4, -0.2) is 10.7 Å². The lowest BCUT2D eigenvalue weighted by molar-refractivity contribution is 0.0166. The fourth-order valence-electron chi connectivity index (χ4n) is 1.52. The summed E-state index contributed by atoms with van der Waals surface area (Å²) in [6.45, 7) is 7.85. The summed E-state index contributed by atoms with van der Waals surface area (Å²) in [5.41, 5.74) is -0.405. The Morgan fingerprint density at radius 1 is 1.33 bits per heavy atom. The average molecular weight is 170 g/mol. The topological polar surface area (TPSA) is 20.2 Å². The van der Waals surface area contributed by atoms with E-state index in [2.05, 4.69) is 20.4 Å². The Morgan fingerprint density at radius 3 is 2.42 bits per heavy atom. The van der Waals surface area contributed by atoms with Crippen molar-refractivity contribution in [2.24, 2.45) is 0 Å². The third-order valence-electron chi connectivity index (χ3n) is 2.42. The molecule has 1 heteroatoms. The Labute approximate surface area is 76.5 Å². The van der Waals surface area contributed by atoms with Crippen LogP contribution in [0.3, 0.4) is 0 Å². The minimum absolute atomic E-state index is 0.405. The first kappa shape index (κ1) is 11.7. The molecule has 1 N–H and O–H groups in total. The zero-order chi connectivity index (χ0) is 9.45. The van der Waals surface area contributed by atoms with Crippen molar-refractivity contribution in [3.63, 3.8) is 0 Å². The van der Waals surface area contributed by atoms with Gasteiger partial charge in [-0.25, -0.2) is 0 Å². The molecule has 0 aromatic rings. The molecule has 12 heavy (non-hydrogen) atoms. The van der Waals surface area contributed by atoms with E-state index in [4.69, 9.17) is 0 Å². The van der Waals surface area contributed by atoms with E-state index in [9.17, 15) is 5.11 Å². The van der Waals surface area contributed by atoms with Crippen LogP contribution in [0.4, 0.5) is 0 Å². The van der Waals surface area contributed by atoms with Crippen LogP contribution < -0.4 is 0 Å². The summed E-state index contributed by atoms with van der Waals surface area (Å²) in [5.74, 6) is 0. The smallest absolute Gasteiger partial charge is 0.0645 e. The fourth-order valence-corrected chi connectivity index (χ4v) is 1.52. The highest BCUT2D eigenvalue weighted by Gasteiger charge is 2.21. The van der Waals surface area contributed by atoms with Crippen molar-refractivity contribution >= 4 is 0 Å². The lowest BCUT2D eigenvalue weighted by Crippen LogP contribution is -2.27. The van der Waals surface area contributed by atoms with Crippen molar-refractivity contribution in [3.05, 3.63) is 12.7 Å². The van der Waals surface area contributed by atoms with E-state index >= 15 is 0 Å². The van der Waals surface area contributed by atoms with Gasteiger partial charge in [-0.1, -0.05) is 26.3 Å². The van der Waals surface area contributed by atoms with E-state index in [1.54, 1.807) is 0 Å². The molecule has 1 nitrogen and oxygen atoms in total. The molecule has 0 fully saturated rings. The Morgan fingerprint density at radius 2 is 2.00 bits per heavy atom. The van der Waals surface area contributed by atoms with E-state index in [0.717, 1.165) is 38.5 Å². The van der Waals surface area contributed by atoms with Crippen molar-refractivity contribution in [2.45, 2.75) is 58.0 Å². The maximum Gasteiger partial charge on any atom is 0.0645 e. The highest BCUT2D eigenvalue weighted by molar-refractivity contribution is 4.78. The maximum absolute atomic E-state index is 10.0. The van der Waals surface area contributed by atoms with E-state index in [1.165, 1.54) is 0 Å². The van der Waals surface area contributed by atoms with Crippen LogP contribution >= 0.6 is 0 Å². The lowest BCUT2D eigenvalue weighted by Gasteiger charge is -2.26. The summed E-state index contributed by atoms with van der Waals surface area (Å²) in [6.07, 6.45) is 7.79. The van der Waals surface area contributed by atoms with Crippen LogP contribution in [0.15, 0.2) is 12.7 Å². The molecule has 0 spiro atoms. The van der Waals surface area contributed by atoms with Gasteiger partial charge in [0.1, 0.15) is 0 Å². The predicted octanol–water partition coefficient (Wildman–Crippen LogP) is 3.28. The number of hydrogen-bond donors (Lipinski definition) is 1. The van der Waals surface area contributed by atoms with Crippen molar-refractivity contribution in [1.29, 1.82) is 0 Å². The van der Waals surface area contributed by atoms with E-state index in [-0.39, 0.29) is 0 Å². The summed E-state index contributed by atoms with van der Waals surface area (Å²) in [4.78, 5) is 0. The number of hydrogen-bond acceptors (Lipinski definition) is 1. The molecular formula is C11H22O. The molecule has 0 aliphatic rings. The molecule has 0 saturated carbocycles. The SMILES string of the molecule is C=CCCCC(O)(CC)CCC. The zero-order valence-corrected chi connectivity index (χ0v) is 8.47. The van der Waals surface area contributed by atoms with E-state index < -0.39 is 5.60 Å². The first-order valence-electron chi connectivity index (χ1n) is 5.01. The monoisotopic (exact) mass is 170 g/mol. The Bertz CT molecular complexity index is 120. The van der Waals surface area contributed by atoms with Gasteiger partial charge in [0.15, 0.2) is 0 Å². The lowest BCUT2D eigenvalue weighted by atomic mass is 9.89. The van der Waals surface area contributed by atoms with E-state index in [0.29, 0.717) is 0 Å². The molecule has 0 aromatic carbocycles. The van der Waals surface area contributed by atoms with Gasteiger partial charge in [0.25, 0.3) is 0 Å². The highest BCUT2D eigenvalue weighted by atomic mass is 16.3. The third kappa shape index (κ3) is 4.55. The first-order valence-corrected chi connectivity index (χ1v) is 5.01. The standard InChI is InChI=1S/C11H22O/c1-4-7-8-10-11(12,6-3)9-5-2/h4,12H,1,5-10H2,2-3H3. The molecule has 0 rings (SSSR count). The summed E-state index contributed by atoms with van der Waals surface area (Å²) >= 11 is 0. The van der Waals surface area contributed by atoms with Crippen LogP contribution in [-0.2, 0) is 0 Å². The van der Waals surface area contributed by atoms with Crippen LogP contribution in [0.1, 0.15) is 52.4 Å². The van der Waals surface area contributed by atoms with Gasteiger partial charge < -0.3 is 5.11 Å². The minimum atomic E-state index is -0.405. The summed E-state index contributed by atoms with van der Waals surface area (Å²) < 4.78 is 0. The van der Waals surface area contributed by atoms with Crippen molar-refractivity contribution in [2.75, 3.05) is 0 Å². The van der Waals surface area contributed by atoms with Gasteiger partial charge in [0.2, 0.25) is 0 Å². The molecule has 0 saturated heterocycles. The van der Waals surface area contributed by atoms with Gasteiger partial charge >= 0.3 is 0 Å². The van der Waals surface area contributed by atoms with Gasteiger partial charge in [-0.05, 0) is 32.1 Å². The second kappa shape index (κ2) is 6.24. The van der Waals surface area contributed by atoms with Gasteiger partial charge in [0.05, 0.1) is 5.60 Å². The second-order valence-electron chi connectivity index (χ2n) is 3.51. The molecule has 0 heterocycles. The van der Waals surface area contributed by atoms with Crippen molar-refractivity contribution < 1.29 is 5.11 Å². The van der Waals surface area contributed by atoms with Crippen LogP contribution in [0.2, 0.25) is 0 Å². The van der Waals surface area contributed by atoms with Crippen LogP contribution in [0.25, 0.3) is 0 Å². The van der Waals surface area contributed by atoms with Crippen molar-refractivity contribution in [3.8, 4) is 0 Å². The summed E-state index contributed by atoms with van der Waals surface area (Å²) in [5, 5.41) is 10.0. The molecule has 1 unspecified atom stereocenters. The quantitative estimate of drug-likeness (QED) is 0.459. The largest absolute Gasteiger partial charge is 0.390 e. The van der Waals surface area contributed by atoms with Crippen molar-refractivity contribution in [1.82, 2.24) is 0 Å². The molecule has 0 amide bonds. The second-order valence-corrected chi connectivity index (χ2v) is 3.51. The number of rotatable bonds is 7. The molecule has 0 aromatic heterocycles. The average Bonchev–Trinajstić information content (AvgIpc) is 2.06. The van der Waals surface area contributed by atoms with Gasteiger partial charge in [0, 0.05) is 0 Å². The van der Waals surface area contributed by atoms with Gasteiger partial charge in [-0.3, -0.25) is 0 Å². The molecule has 72 valence electrons. The predicted molar refractivity (Wildman–Crippen MR) is 54.2 cm³/mol. The van der Waals surface area contributed by atoms with E-state index in [1.807, 2.05) is 6.08 Å². The van der Waals surface area contributed by atoms with Crippen LogP contribution in [0, 0.1) is 0 Å². The summed E-state index contributed by atoms with van der Waals surface area (Å²) in [7, 11) is 0. The normalized spacial score (nSPS) is 15.6. The van der Waals surface area contributed by atoms with Gasteiger partial charge in [-0.2, -0.15) is 0 Å². The number of allylic oxidation sites excluding steroid dienone is 1. The highest BCUT2D eigenvalue weighted by Crippen LogP contribution is 2.23. The molecule has 0 aliphatic carbocycles. The Hall–Kier alpha value is -0.300. The van der Waals surface area contributed by atoms with Gasteiger partial charge in [-0.15, -0.1) is 6.58 Å². The Balaban J connectivity index is 3.70. The molecule has 0 radical (unpaired) electrons. The fraction of sp³-hybridized carbons (Fsp3) is 0.818.